The molecule has 0 amide bonds. The molecule has 0 spiro atoms. The van der Waals surface area contributed by atoms with Crippen LogP contribution < -0.4 is 0 Å². The van der Waals surface area contributed by atoms with Gasteiger partial charge in [-0.05, 0) is 59.8 Å². The quantitative estimate of drug-likeness (QED) is 0.165. The molecule has 0 atom stereocenters. The Morgan fingerprint density at radius 3 is 1.18 bits per heavy atom. The second-order valence-electron chi connectivity index (χ2n) is 11.6. The summed E-state index contributed by atoms with van der Waals surface area (Å²) < 4.78 is 3.60. The number of benzene rings is 2. The molecule has 0 aromatic heterocycles. The molecule has 0 aliphatic heterocycles. The number of aryl methyl sites for hydroxylation is 2. The molecule has 40 heavy (non-hydrogen) atoms. The summed E-state index contributed by atoms with van der Waals surface area (Å²) in [7, 11) is -5.22. The van der Waals surface area contributed by atoms with Crippen molar-refractivity contribution >= 4 is 17.2 Å². The van der Waals surface area contributed by atoms with E-state index >= 15 is 0 Å². The number of aliphatic hydroxyl groups is 4. The number of hydrogen-bond donors (Lipinski definition) is 8. The molecule has 2 aromatic rings. The minimum Gasteiger partial charge on any atom is -0.395 e. The number of rotatable bonds is 12. The lowest BCUT2D eigenvalue weighted by atomic mass is 9.60. The third-order valence-corrected chi connectivity index (χ3v) is 9.35. The smallest absolute Gasteiger partial charge is 0.334 e. The molecule has 0 unspecified atom stereocenters. The Balaban J connectivity index is 0.00000101. The van der Waals surface area contributed by atoms with Crippen molar-refractivity contribution in [1.29, 1.82) is 0 Å². The SMILES string of the molecule is CCC(C)(C)c1cc(C)ccc1C(O)(c1ccc(C)cc1C(C)(C)CC)C(CO)(CO)CO.OP(O)OP(O)O. The fourth-order valence-corrected chi connectivity index (χ4v) is 5.25. The highest BCUT2D eigenvalue weighted by atomic mass is 31.2. The van der Waals surface area contributed by atoms with Crippen LogP contribution in [-0.4, -0.2) is 59.8 Å². The third kappa shape index (κ3) is 8.06. The van der Waals surface area contributed by atoms with Crippen LogP contribution in [0.5, 0.6) is 0 Å². The van der Waals surface area contributed by atoms with Gasteiger partial charge in [0, 0.05) is 0 Å². The molecule has 0 heterocycles. The lowest BCUT2D eigenvalue weighted by molar-refractivity contribution is -0.137. The minimum absolute atomic E-state index is 0.271. The first-order valence-electron chi connectivity index (χ1n) is 13.2. The summed E-state index contributed by atoms with van der Waals surface area (Å²) in [5.41, 5.74) is 1.32. The van der Waals surface area contributed by atoms with Crippen LogP contribution in [0.4, 0.5) is 0 Å². The van der Waals surface area contributed by atoms with E-state index in [0.717, 1.165) is 35.1 Å². The standard InChI is InChI=1S/C29H44O4.H4O5P2/c1-9-26(5,6)24-15-20(3)11-13-22(24)29(33,28(17-30,18-31)19-32)23-14-12-21(4)16-25(23)27(7,8)10-2;1-6(2)5-7(3)4/h11-16,30-33H,9-10,17-19H2,1-8H3;1-4H. The van der Waals surface area contributed by atoms with E-state index in [-0.39, 0.29) is 10.8 Å². The van der Waals surface area contributed by atoms with Gasteiger partial charge in [0.2, 0.25) is 0 Å². The lowest BCUT2D eigenvalue weighted by Gasteiger charge is -2.49. The highest BCUT2D eigenvalue weighted by Gasteiger charge is 2.55. The van der Waals surface area contributed by atoms with Crippen LogP contribution in [0.3, 0.4) is 0 Å². The maximum Gasteiger partial charge on any atom is 0.334 e. The molecule has 8 N–H and O–H groups in total. The molecule has 11 heteroatoms. The topological polar surface area (TPSA) is 171 Å². The van der Waals surface area contributed by atoms with Gasteiger partial charge in [0.25, 0.3) is 0 Å². The van der Waals surface area contributed by atoms with Gasteiger partial charge in [-0.15, -0.1) is 0 Å². The van der Waals surface area contributed by atoms with E-state index in [9.17, 15) is 20.4 Å². The molecule has 9 nitrogen and oxygen atoms in total. The van der Waals surface area contributed by atoms with Crippen LogP contribution in [0.1, 0.15) is 87.8 Å². The summed E-state index contributed by atoms with van der Waals surface area (Å²) in [4.78, 5) is 31.3. The Hall–Kier alpha value is -1.06. The minimum atomic E-state index is -2.61. The predicted octanol–water partition coefficient (Wildman–Crippen LogP) is 4.30. The molecule has 0 bridgehead atoms. The normalized spacial score (nSPS) is 13.1. The summed E-state index contributed by atoms with van der Waals surface area (Å²) in [5, 5.41) is 44.5. The van der Waals surface area contributed by atoms with Gasteiger partial charge in [-0.1, -0.05) is 89.1 Å². The van der Waals surface area contributed by atoms with Crippen LogP contribution in [-0.2, 0) is 20.7 Å². The zero-order chi connectivity index (χ0) is 31.1. The van der Waals surface area contributed by atoms with Gasteiger partial charge in [-0.25, -0.2) is 4.31 Å². The molecule has 2 rings (SSSR count). The van der Waals surface area contributed by atoms with Crippen molar-refractivity contribution in [3.63, 3.8) is 0 Å². The molecule has 0 radical (unpaired) electrons. The summed E-state index contributed by atoms with van der Waals surface area (Å²) in [6.45, 7) is 15.1. The van der Waals surface area contributed by atoms with Crippen molar-refractivity contribution in [3.05, 3.63) is 69.8 Å². The summed E-state index contributed by atoms with van der Waals surface area (Å²) in [5.74, 6) is 0. The van der Waals surface area contributed by atoms with Crippen molar-refractivity contribution in [2.24, 2.45) is 5.41 Å². The largest absolute Gasteiger partial charge is 0.395 e. The monoisotopic (exact) mass is 602 g/mol. The molecule has 0 saturated heterocycles. The van der Waals surface area contributed by atoms with Crippen LogP contribution >= 0.6 is 17.2 Å². The van der Waals surface area contributed by atoms with E-state index in [4.69, 9.17) is 19.6 Å². The van der Waals surface area contributed by atoms with Crippen LogP contribution in [0.25, 0.3) is 0 Å². The van der Waals surface area contributed by atoms with Crippen molar-refractivity contribution in [1.82, 2.24) is 0 Å². The van der Waals surface area contributed by atoms with Gasteiger partial charge in [0.1, 0.15) is 5.60 Å². The highest BCUT2D eigenvalue weighted by molar-refractivity contribution is 7.53. The molecule has 0 aliphatic rings. The number of hydrogen-bond acceptors (Lipinski definition) is 9. The first-order chi connectivity index (χ1) is 18.4. The highest BCUT2D eigenvalue weighted by Crippen LogP contribution is 2.51. The molecular formula is C29H48O9P2. The van der Waals surface area contributed by atoms with Gasteiger partial charge >= 0.3 is 17.2 Å². The van der Waals surface area contributed by atoms with Gasteiger partial charge in [0.05, 0.1) is 25.2 Å². The first kappa shape index (κ1) is 37.0. The molecule has 0 aliphatic carbocycles. The fraction of sp³-hybridized carbons (Fsp3) is 0.586. The summed E-state index contributed by atoms with van der Waals surface area (Å²) in [6, 6.07) is 11.9. The Morgan fingerprint density at radius 1 is 0.625 bits per heavy atom. The maximum atomic E-state index is 12.8. The Kier molecular flexibility index (Phi) is 13.8. The van der Waals surface area contributed by atoms with E-state index < -0.39 is 48.0 Å². The second kappa shape index (κ2) is 14.9. The van der Waals surface area contributed by atoms with E-state index in [0.29, 0.717) is 11.1 Å². The molecule has 2 aromatic carbocycles. The molecule has 0 fully saturated rings. The Bertz CT molecular complexity index is 1000. The zero-order valence-electron chi connectivity index (χ0n) is 24.9. The molecular weight excluding hydrogens is 554 g/mol. The third-order valence-electron chi connectivity index (χ3n) is 8.18. The van der Waals surface area contributed by atoms with Crippen LogP contribution in [0, 0.1) is 19.3 Å². The maximum absolute atomic E-state index is 12.8. The van der Waals surface area contributed by atoms with Gasteiger partial charge in [-0.3, -0.25) is 0 Å². The lowest BCUT2D eigenvalue weighted by Crippen LogP contribution is -2.55. The summed E-state index contributed by atoms with van der Waals surface area (Å²) in [6.07, 6.45) is 1.68. The number of aliphatic hydroxyl groups excluding tert-OH is 3. The Labute approximate surface area is 241 Å². The van der Waals surface area contributed by atoms with Crippen molar-refractivity contribution in [3.8, 4) is 0 Å². The van der Waals surface area contributed by atoms with E-state index in [1.165, 1.54) is 0 Å². The van der Waals surface area contributed by atoms with E-state index in [1.54, 1.807) is 0 Å². The fourth-order valence-electron chi connectivity index (χ4n) is 4.72. The van der Waals surface area contributed by atoms with Gasteiger partial charge in [0.15, 0.2) is 0 Å². The van der Waals surface area contributed by atoms with E-state index in [2.05, 4.69) is 58.0 Å². The molecule has 228 valence electrons. The second-order valence-corrected chi connectivity index (χ2v) is 13.3. The molecule has 0 saturated carbocycles. The Morgan fingerprint density at radius 2 is 0.950 bits per heavy atom. The predicted molar refractivity (Wildman–Crippen MR) is 159 cm³/mol. The average molecular weight is 603 g/mol. The summed E-state index contributed by atoms with van der Waals surface area (Å²) >= 11 is 0. The zero-order valence-corrected chi connectivity index (χ0v) is 26.7. The van der Waals surface area contributed by atoms with E-state index in [1.807, 2.05) is 38.1 Å². The average Bonchev–Trinajstić information content (AvgIpc) is 2.89. The first-order valence-corrected chi connectivity index (χ1v) is 15.6. The van der Waals surface area contributed by atoms with Crippen LogP contribution in [0.15, 0.2) is 36.4 Å². The van der Waals surface area contributed by atoms with Gasteiger partial charge < -0.3 is 40.0 Å². The van der Waals surface area contributed by atoms with Crippen molar-refractivity contribution in [2.75, 3.05) is 19.8 Å². The van der Waals surface area contributed by atoms with Crippen molar-refractivity contribution < 1.29 is 44.3 Å². The van der Waals surface area contributed by atoms with Gasteiger partial charge in [-0.2, -0.15) is 0 Å². The van der Waals surface area contributed by atoms with Crippen molar-refractivity contribution in [2.45, 2.75) is 84.7 Å². The van der Waals surface area contributed by atoms with Crippen LogP contribution in [0.2, 0.25) is 0 Å².